The Morgan fingerprint density at radius 2 is 2.33 bits per heavy atom. The second-order valence-electron chi connectivity index (χ2n) is 4.25. The Morgan fingerprint density at radius 3 is 2.89 bits per heavy atom. The third-order valence-corrected chi connectivity index (χ3v) is 4.77. The van der Waals surface area contributed by atoms with Crippen LogP contribution in [0.25, 0.3) is 10.4 Å². The number of rotatable bonds is 3. The molecule has 0 aliphatic carbocycles. The van der Waals surface area contributed by atoms with Crippen LogP contribution in [0, 0.1) is 6.92 Å². The molecule has 1 aliphatic rings. The van der Waals surface area contributed by atoms with Crippen LogP contribution in [0.5, 0.6) is 0 Å². The monoisotopic (exact) mass is 270 g/mol. The van der Waals surface area contributed by atoms with Crippen molar-refractivity contribution >= 4 is 10.0 Å². The molecule has 2 rings (SSSR count). The van der Waals surface area contributed by atoms with Gasteiger partial charge in [-0.1, -0.05) is 5.11 Å². The molecule has 1 aliphatic heterocycles. The second kappa shape index (κ2) is 4.60. The Labute approximate surface area is 105 Å². The van der Waals surface area contributed by atoms with Crippen LogP contribution in [0.3, 0.4) is 0 Å². The fourth-order valence-corrected chi connectivity index (χ4v) is 3.40. The summed E-state index contributed by atoms with van der Waals surface area (Å²) in [6, 6.07) is -0.283. The Bertz CT molecular complexity index is 581. The number of imidazole rings is 1. The maximum absolute atomic E-state index is 12.3. The lowest BCUT2D eigenvalue weighted by molar-refractivity contribution is 0.469. The van der Waals surface area contributed by atoms with Crippen molar-refractivity contribution in [3.63, 3.8) is 0 Å². The Morgan fingerprint density at radius 1 is 1.61 bits per heavy atom. The first kappa shape index (κ1) is 12.9. The predicted octanol–water partition coefficient (Wildman–Crippen LogP) is 0.802. The number of sulfonamides is 1. The molecule has 1 fully saturated rings. The molecular formula is C9H14N6O2S. The number of aromatic nitrogens is 2. The quantitative estimate of drug-likeness (QED) is 0.461. The summed E-state index contributed by atoms with van der Waals surface area (Å²) in [6.07, 6.45) is 2.04. The van der Waals surface area contributed by atoms with Gasteiger partial charge in [-0.15, -0.1) is 0 Å². The molecule has 0 saturated carbocycles. The lowest BCUT2D eigenvalue weighted by atomic mass is 10.3. The summed E-state index contributed by atoms with van der Waals surface area (Å²) >= 11 is 0. The first-order chi connectivity index (χ1) is 8.45. The zero-order valence-corrected chi connectivity index (χ0v) is 11.0. The van der Waals surface area contributed by atoms with Crippen molar-refractivity contribution in [3.8, 4) is 0 Å². The molecule has 1 aromatic heterocycles. The van der Waals surface area contributed by atoms with Crippen molar-refractivity contribution in [1.82, 2.24) is 13.9 Å². The van der Waals surface area contributed by atoms with E-state index in [0.29, 0.717) is 18.8 Å². The number of azide groups is 1. The van der Waals surface area contributed by atoms with Crippen LogP contribution in [0.1, 0.15) is 12.2 Å². The van der Waals surface area contributed by atoms with E-state index in [2.05, 4.69) is 15.0 Å². The van der Waals surface area contributed by atoms with Crippen molar-refractivity contribution in [2.45, 2.75) is 24.4 Å². The highest BCUT2D eigenvalue weighted by Crippen LogP contribution is 2.21. The molecule has 18 heavy (non-hydrogen) atoms. The van der Waals surface area contributed by atoms with E-state index in [1.165, 1.54) is 10.5 Å². The maximum atomic E-state index is 12.3. The van der Waals surface area contributed by atoms with Gasteiger partial charge < -0.3 is 4.57 Å². The average Bonchev–Trinajstić information content (AvgIpc) is 2.88. The standard InChI is InChI=1S/C9H14N6O2S/c1-7-11-9(6-14(7)2)18(16,17)15-4-3-8(5-15)12-13-10/h6,8H,3-5H2,1-2H3. The molecular weight excluding hydrogens is 256 g/mol. The van der Waals surface area contributed by atoms with Crippen LogP contribution >= 0.6 is 0 Å². The van der Waals surface area contributed by atoms with E-state index in [9.17, 15) is 8.42 Å². The van der Waals surface area contributed by atoms with E-state index in [1.807, 2.05) is 0 Å². The van der Waals surface area contributed by atoms with Crippen LogP contribution in [-0.4, -0.2) is 41.4 Å². The molecule has 98 valence electrons. The van der Waals surface area contributed by atoms with Crippen LogP contribution in [-0.2, 0) is 17.1 Å². The number of nitrogens with zero attached hydrogens (tertiary/aromatic N) is 6. The van der Waals surface area contributed by atoms with Gasteiger partial charge in [0, 0.05) is 31.2 Å². The summed E-state index contributed by atoms with van der Waals surface area (Å²) in [6.45, 7) is 2.33. The van der Waals surface area contributed by atoms with Crippen molar-refractivity contribution < 1.29 is 8.42 Å². The zero-order chi connectivity index (χ0) is 13.3. The molecule has 1 atom stereocenters. The van der Waals surface area contributed by atoms with E-state index >= 15 is 0 Å². The van der Waals surface area contributed by atoms with Crippen LogP contribution in [0.15, 0.2) is 16.3 Å². The number of hydrogen-bond acceptors (Lipinski definition) is 4. The molecule has 0 amide bonds. The minimum Gasteiger partial charge on any atom is -0.337 e. The molecule has 0 bridgehead atoms. The molecule has 1 unspecified atom stereocenters. The molecule has 0 radical (unpaired) electrons. The number of hydrogen-bond donors (Lipinski definition) is 0. The third-order valence-electron chi connectivity index (χ3n) is 3.03. The van der Waals surface area contributed by atoms with E-state index in [4.69, 9.17) is 5.53 Å². The van der Waals surface area contributed by atoms with E-state index in [1.54, 1.807) is 18.5 Å². The molecule has 8 nitrogen and oxygen atoms in total. The Balaban J connectivity index is 2.25. The third kappa shape index (κ3) is 2.20. The maximum Gasteiger partial charge on any atom is 0.262 e. The Kier molecular flexibility index (Phi) is 3.29. The fraction of sp³-hybridized carbons (Fsp3) is 0.667. The van der Waals surface area contributed by atoms with Crippen molar-refractivity contribution in [3.05, 3.63) is 22.5 Å². The lowest BCUT2D eigenvalue weighted by Crippen LogP contribution is -2.29. The molecule has 1 saturated heterocycles. The van der Waals surface area contributed by atoms with Crippen molar-refractivity contribution in [2.75, 3.05) is 13.1 Å². The summed E-state index contributed by atoms with van der Waals surface area (Å²) < 4.78 is 27.5. The highest BCUT2D eigenvalue weighted by atomic mass is 32.2. The van der Waals surface area contributed by atoms with Gasteiger partial charge in [0.25, 0.3) is 10.0 Å². The molecule has 9 heteroatoms. The van der Waals surface area contributed by atoms with Crippen LogP contribution < -0.4 is 0 Å². The number of aryl methyl sites for hydroxylation is 2. The predicted molar refractivity (Wildman–Crippen MR) is 64.3 cm³/mol. The van der Waals surface area contributed by atoms with Crippen molar-refractivity contribution in [2.24, 2.45) is 12.2 Å². The summed E-state index contributed by atoms with van der Waals surface area (Å²) in [5, 5.41) is 3.60. The van der Waals surface area contributed by atoms with Crippen molar-refractivity contribution in [1.29, 1.82) is 0 Å². The topological polar surface area (TPSA) is 104 Å². The van der Waals surface area contributed by atoms with Gasteiger partial charge in [0.1, 0.15) is 5.82 Å². The minimum absolute atomic E-state index is 0.0455. The van der Waals surface area contributed by atoms with E-state index in [0.717, 1.165) is 0 Å². The van der Waals surface area contributed by atoms with Gasteiger partial charge in [-0.25, -0.2) is 13.4 Å². The first-order valence-electron chi connectivity index (χ1n) is 5.49. The Hall–Kier alpha value is -1.57. The highest BCUT2D eigenvalue weighted by molar-refractivity contribution is 7.89. The van der Waals surface area contributed by atoms with E-state index < -0.39 is 10.0 Å². The zero-order valence-electron chi connectivity index (χ0n) is 10.2. The summed E-state index contributed by atoms with van der Waals surface area (Å²) in [5.41, 5.74) is 8.35. The SMILES string of the molecule is Cc1nc(S(=O)(=O)N2CCC(N=[N+]=[N-])C2)cn1C. The summed E-state index contributed by atoms with van der Waals surface area (Å²) in [5.74, 6) is 0.638. The van der Waals surface area contributed by atoms with Gasteiger partial charge in [-0.2, -0.15) is 4.31 Å². The lowest BCUT2D eigenvalue weighted by Gasteiger charge is -2.13. The van der Waals surface area contributed by atoms with Gasteiger partial charge in [0.05, 0.1) is 6.04 Å². The minimum atomic E-state index is -3.57. The van der Waals surface area contributed by atoms with E-state index in [-0.39, 0.29) is 17.6 Å². The molecule has 0 N–H and O–H groups in total. The summed E-state index contributed by atoms with van der Waals surface area (Å²) in [7, 11) is -1.83. The van der Waals surface area contributed by atoms with Gasteiger partial charge in [-0.3, -0.25) is 0 Å². The van der Waals surface area contributed by atoms with Gasteiger partial charge >= 0.3 is 0 Å². The van der Waals surface area contributed by atoms with Crippen LogP contribution in [0.4, 0.5) is 0 Å². The molecule has 0 aromatic carbocycles. The summed E-state index contributed by atoms with van der Waals surface area (Å²) in [4.78, 5) is 6.74. The first-order valence-corrected chi connectivity index (χ1v) is 6.93. The average molecular weight is 270 g/mol. The van der Waals surface area contributed by atoms with Gasteiger partial charge in [-0.05, 0) is 18.9 Å². The smallest absolute Gasteiger partial charge is 0.262 e. The second-order valence-corrected chi connectivity index (χ2v) is 6.13. The molecule has 2 heterocycles. The van der Waals surface area contributed by atoms with Crippen LogP contribution in [0.2, 0.25) is 0 Å². The van der Waals surface area contributed by atoms with Gasteiger partial charge in [0.2, 0.25) is 0 Å². The molecule has 1 aromatic rings. The highest BCUT2D eigenvalue weighted by Gasteiger charge is 2.33. The molecule has 0 spiro atoms. The largest absolute Gasteiger partial charge is 0.337 e. The normalized spacial score (nSPS) is 20.9. The van der Waals surface area contributed by atoms with Gasteiger partial charge in [0.15, 0.2) is 5.03 Å². The fourth-order valence-electron chi connectivity index (χ4n) is 1.88.